The number of nitrogens with zero attached hydrogens (tertiary/aromatic N) is 2. The van der Waals surface area contributed by atoms with Crippen LogP contribution in [0.4, 0.5) is 5.13 Å². The molecule has 0 aliphatic heterocycles. The SMILES string of the molecule is CNCCCNS(=O)(=O)c1nnc(NC(C)=O)s1. The maximum atomic E-state index is 11.8. The van der Waals surface area contributed by atoms with Gasteiger partial charge in [-0.25, -0.2) is 13.1 Å². The fourth-order valence-corrected chi connectivity index (χ4v) is 3.11. The first-order valence-corrected chi connectivity index (χ1v) is 7.51. The van der Waals surface area contributed by atoms with Gasteiger partial charge in [0.15, 0.2) is 0 Å². The normalized spacial score (nSPS) is 11.4. The van der Waals surface area contributed by atoms with Crippen LogP contribution in [0.1, 0.15) is 13.3 Å². The van der Waals surface area contributed by atoms with Gasteiger partial charge in [0.25, 0.3) is 10.0 Å². The second-order valence-electron chi connectivity index (χ2n) is 3.41. The van der Waals surface area contributed by atoms with Gasteiger partial charge in [-0.1, -0.05) is 11.3 Å². The number of hydrogen-bond donors (Lipinski definition) is 3. The van der Waals surface area contributed by atoms with Crippen molar-refractivity contribution in [2.45, 2.75) is 17.7 Å². The monoisotopic (exact) mass is 293 g/mol. The fraction of sp³-hybridized carbons (Fsp3) is 0.625. The van der Waals surface area contributed by atoms with Crippen LogP contribution in [0.3, 0.4) is 0 Å². The molecule has 0 saturated heterocycles. The van der Waals surface area contributed by atoms with Gasteiger partial charge in [-0.15, -0.1) is 10.2 Å². The summed E-state index contributed by atoms with van der Waals surface area (Å²) in [7, 11) is -1.85. The Morgan fingerprint density at radius 3 is 2.67 bits per heavy atom. The molecule has 1 aromatic heterocycles. The van der Waals surface area contributed by atoms with E-state index >= 15 is 0 Å². The van der Waals surface area contributed by atoms with Gasteiger partial charge in [0.05, 0.1) is 0 Å². The zero-order valence-electron chi connectivity index (χ0n) is 10.1. The second-order valence-corrected chi connectivity index (χ2v) is 6.33. The van der Waals surface area contributed by atoms with Crippen LogP contribution in [0.15, 0.2) is 4.34 Å². The highest BCUT2D eigenvalue weighted by Gasteiger charge is 2.19. The number of amides is 1. The van der Waals surface area contributed by atoms with Gasteiger partial charge in [-0.3, -0.25) is 4.79 Å². The zero-order chi connectivity index (χ0) is 13.6. The Bertz CT molecular complexity index is 499. The number of nitrogens with one attached hydrogen (secondary N) is 3. The first kappa shape index (κ1) is 15.0. The highest BCUT2D eigenvalue weighted by molar-refractivity contribution is 7.91. The summed E-state index contributed by atoms with van der Waals surface area (Å²) < 4.78 is 25.8. The molecule has 0 aliphatic carbocycles. The quantitative estimate of drug-likeness (QED) is 0.456. The first-order valence-electron chi connectivity index (χ1n) is 5.21. The zero-order valence-corrected chi connectivity index (χ0v) is 11.7. The van der Waals surface area contributed by atoms with Crippen LogP contribution in [-0.2, 0) is 14.8 Å². The molecule has 10 heteroatoms. The number of rotatable bonds is 7. The number of aromatic nitrogens is 2. The predicted octanol–water partition coefficient (Wildman–Crippen LogP) is -0.616. The molecule has 0 bridgehead atoms. The molecule has 0 aliphatic rings. The van der Waals surface area contributed by atoms with Crippen LogP contribution in [0, 0.1) is 0 Å². The van der Waals surface area contributed by atoms with Gasteiger partial charge in [0.1, 0.15) is 0 Å². The summed E-state index contributed by atoms with van der Waals surface area (Å²) in [5, 5.41) is 12.6. The van der Waals surface area contributed by atoms with E-state index in [1.807, 2.05) is 0 Å². The smallest absolute Gasteiger partial charge is 0.269 e. The lowest BCUT2D eigenvalue weighted by Crippen LogP contribution is -2.26. The maximum absolute atomic E-state index is 11.8. The van der Waals surface area contributed by atoms with E-state index in [9.17, 15) is 13.2 Å². The molecule has 0 radical (unpaired) electrons. The van der Waals surface area contributed by atoms with Gasteiger partial charge >= 0.3 is 0 Å². The van der Waals surface area contributed by atoms with Gasteiger partial charge in [-0.2, -0.15) is 0 Å². The van der Waals surface area contributed by atoms with E-state index in [0.717, 1.165) is 17.9 Å². The van der Waals surface area contributed by atoms with Crippen LogP contribution < -0.4 is 15.4 Å². The Morgan fingerprint density at radius 1 is 1.33 bits per heavy atom. The number of hydrogen-bond acceptors (Lipinski definition) is 7. The molecule has 1 rings (SSSR count). The summed E-state index contributed by atoms with van der Waals surface area (Å²) in [6, 6.07) is 0. The van der Waals surface area contributed by atoms with E-state index in [2.05, 4.69) is 25.6 Å². The van der Waals surface area contributed by atoms with E-state index < -0.39 is 10.0 Å². The Kier molecular flexibility index (Phi) is 5.59. The van der Waals surface area contributed by atoms with E-state index in [1.165, 1.54) is 6.92 Å². The van der Waals surface area contributed by atoms with Crippen LogP contribution in [0.2, 0.25) is 0 Å². The van der Waals surface area contributed by atoms with Crippen molar-refractivity contribution in [3.63, 3.8) is 0 Å². The van der Waals surface area contributed by atoms with Crippen molar-refractivity contribution in [3.05, 3.63) is 0 Å². The van der Waals surface area contributed by atoms with Crippen molar-refractivity contribution in [1.29, 1.82) is 0 Å². The van der Waals surface area contributed by atoms with Crippen molar-refractivity contribution >= 4 is 32.4 Å². The summed E-state index contributed by atoms with van der Waals surface area (Å²) in [6.45, 7) is 2.35. The third-order valence-corrected chi connectivity index (χ3v) is 4.48. The molecule has 0 atom stereocenters. The van der Waals surface area contributed by atoms with E-state index in [0.29, 0.717) is 13.0 Å². The minimum absolute atomic E-state index is 0.157. The molecular weight excluding hydrogens is 278 g/mol. The second kappa shape index (κ2) is 6.73. The number of carbonyl (C=O) groups excluding carboxylic acids is 1. The third-order valence-electron chi connectivity index (χ3n) is 1.81. The summed E-state index contributed by atoms with van der Waals surface area (Å²) in [6.07, 6.45) is 0.674. The molecule has 0 aromatic carbocycles. The molecule has 0 unspecified atom stereocenters. The van der Waals surface area contributed by atoms with E-state index in [1.54, 1.807) is 7.05 Å². The van der Waals surface area contributed by atoms with Crippen molar-refractivity contribution in [2.24, 2.45) is 0 Å². The average molecular weight is 293 g/mol. The number of carbonyl (C=O) groups is 1. The minimum Gasteiger partial charge on any atom is -0.320 e. The molecule has 3 N–H and O–H groups in total. The Balaban J connectivity index is 2.61. The molecule has 1 amide bonds. The highest BCUT2D eigenvalue weighted by atomic mass is 32.2. The molecule has 102 valence electrons. The molecule has 8 nitrogen and oxygen atoms in total. The molecule has 0 spiro atoms. The Labute approximate surface area is 109 Å². The van der Waals surface area contributed by atoms with Crippen LogP contribution in [-0.4, -0.2) is 44.7 Å². The van der Waals surface area contributed by atoms with Crippen molar-refractivity contribution in [1.82, 2.24) is 20.2 Å². The third kappa shape index (κ3) is 4.64. The minimum atomic E-state index is -3.64. The topological polar surface area (TPSA) is 113 Å². The van der Waals surface area contributed by atoms with Crippen molar-refractivity contribution < 1.29 is 13.2 Å². The molecule has 1 heterocycles. The van der Waals surface area contributed by atoms with Gasteiger partial charge in [0, 0.05) is 13.5 Å². The molecule has 1 aromatic rings. The van der Waals surface area contributed by atoms with Crippen LogP contribution in [0.25, 0.3) is 0 Å². The lowest BCUT2D eigenvalue weighted by Gasteiger charge is -2.02. The molecule has 18 heavy (non-hydrogen) atoms. The van der Waals surface area contributed by atoms with E-state index in [-0.39, 0.29) is 15.4 Å². The van der Waals surface area contributed by atoms with Gasteiger partial charge in [-0.05, 0) is 20.0 Å². The summed E-state index contributed by atoms with van der Waals surface area (Å²) in [5.41, 5.74) is 0. The molecule has 0 saturated carbocycles. The van der Waals surface area contributed by atoms with E-state index in [4.69, 9.17) is 0 Å². The first-order chi connectivity index (χ1) is 8.45. The summed E-state index contributed by atoms with van der Waals surface area (Å²) in [5.74, 6) is -0.322. The molecule has 0 fully saturated rings. The lowest BCUT2D eigenvalue weighted by molar-refractivity contribution is -0.114. The summed E-state index contributed by atoms with van der Waals surface area (Å²) in [4.78, 5) is 10.8. The lowest BCUT2D eigenvalue weighted by atomic mass is 10.4. The summed E-state index contributed by atoms with van der Waals surface area (Å²) >= 11 is 0.812. The van der Waals surface area contributed by atoms with Gasteiger partial charge < -0.3 is 10.6 Å². The Morgan fingerprint density at radius 2 is 2.06 bits per heavy atom. The predicted molar refractivity (Wildman–Crippen MR) is 67.9 cm³/mol. The number of anilines is 1. The van der Waals surface area contributed by atoms with Crippen molar-refractivity contribution in [3.8, 4) is 0 Å². The van der Waals surface area contributed by atoms with Crippen LogP contribution >= 0.6 is 11.3 Å². The van der Waals surface area contributed by atoms with Crippen molar-refractivity contribution in [2.75, 3.05) is 25.5 Å². The standard InChI is InChI=1S/C8H15N5O3S2/c1-6(14)11-7-12-13-8(17-7)18(15,16)10-5-3-4-9-2/h9-10H,3-5H2,1-2H3,(H,11,12,14). The van der Waals surface area contributed by atoms with Gasteiger partial charge in [0.2, 0.25) is 15.4 Å². The largest absolute Gasteiger partial charge is 0.320 e. The average Bonchev–Trinajstić information content (AvgIpc) is 2.73. The molecular formula is C8H15N5O3S2. The maximum Gasteiger partial charge on any atom is 0.269 e. The fourth-order valence-electron chi connectivity index (χ4n) is 1.05. The number of sulfonamides is 1. The highest BCUT2D eigenvalue weighted by Crippen LogP contribution is 2.19. The van der Waals surface area contributed by atoms with Crippen LogP contribution in [0.5, 0.6) is 0 Å². The Hall–Kier alpha value is -1.10.